The second-order valence-corrected chi connectivity index (χ2v) is 3.96. The van der Waals surface area contributed by atoms with Gasteiger partial charge in [0.2, 0.25) is 0 Å². The van der Waals surface area contributed by atoms with E-state index < -0.39 is 17.4 Å². The highest BCUT2D eigenvalue weighted by atomic mass is 35.5. The number of halogens is 3. The van der Waals surface area contributed by atoms with Crippen LogP contribution in [-0.2, 0) is 15.3 Å². The number of benzene rings is 1. The number of hydrogen-bond donors (Lipinski definition) is 0. The SMILES string of the molecule is COC(CCCCl)(OC)c1ccc(F)c(F)c1. The summed E-state index contributed by atoms with van der Waals surface area (Å²) in [7, 11) is 2.91. The van der Waals surface area contributed by atoms with E-state index in [0.717, 1.165) is 12.1 Å². The minimum absolute atomic E-state index is 0.437. The first-order valence-electron chi connectivity index (χ1n) is 5.21. The maximum atomic E-state index is 13.2. The Morgan fingerprint density at radius 1 is 1.18 bits per heavy atom. The molecular weight excluding hydrogens is 250 g/mol. The lowest BCUT2D eigenvalue weighted by atomic mass is 10.0. The Labute approximate surface area is 104 Å². The number of rotatable bonds is 6. The fourth-order valence-electron chi connectivity index (χ4n) is 1.70. The second kappa shape index (κ2) is 6.28. The monoisotopic (exact) mass is 264 g/mol. The topological polar surface area (TPSA) is 18.5 Å². The zero-order valence-corrected chi connectivity index (χ0v) is 10.6. The van der Waals surface area contributed by atoms with Gasteiger partial charge in [-0.3, -0.25) is 0 Å². The van der Waals surface area contributed by atoms with Gasteiger partial charge in [-0.15, -0.1) is 11.6 Å². The van der Waals surface area contributed by atoms with Crippen molar-refractivity contribution < 1.29 is 18.3 Å². The zero-order valence-electron chi connectivity index (χ0n) is 9.80. The molecule has 5 heteroatoms. The van der Waals surface area contributed by atoms with Crippen LogP contribution in [0.3, 0.4) is 0 Å². The van der Waals surface area contributed by atoms with E-state index in [1.807, 2.05) is 0 Å². The Balaban J connectivity index is 3.07. The molecule has 0 atom stereocenters. The zero-order chi connectivity index (χ0) is 12.9. The first-order valence-corrected chi connectivity index (χ1v) is 5.75. The highest BCUT2D eigenvalue weighted by Gasteiger charge is 2.32. The molecule has 0 amide bonds. The van der Waals surface area contributed by atoms with Crippen molar-refractivity contribution in [2.75, 3.05) is 20.1 Å². The van der Waals surface area contributed by atoms with Crippen LogP contribution in [0.4, 0.5) is 8.78 Å². The number of ether oxygens (including phenoxy) is 2. The van der Waals surface area contributed by atoms with E-state index in [1.54, 1.807) is 0 Å². The second-order valence-electron chi connectivity index (χ2n) is 3.58. The third kappa shape index (κ3) is 3.15. The number of methoxy groups -OCH3 is 2. The average molecular weight is 265 g/mol. The summed E-state index contributed by atoms with van der Waals surface area (Å²) in [6.07, 6.45) is 1.11. The average Bonchev–Trinajstić information content (AvgIpc) is 2.35. The molecule has 0 saturated heterocycles. The first kappa shape index (κ1) is 14.4. The molecule has 17 heavy (non-hydrogen) atoms. The van der Waals surface area contributed by atoms with Crippen LogP contribution in [0, 0.1) is 11.6 Å². The maximum Gasteiger partial charge on any atom is 0.194 e. The van der Waals surface area contributed by atoms with Crippen LogP contribution in [0.1, 0.15) is 18.4 Å². The Morgan fingerprint density at radius 3 is 2.29 bits per heavy atom. The van der Waals surface area contributed by atoms with Crippen molar-refractivity contribution in [1.82, 2.24) is 0 Å². The fraction of sp³-hybridized carbons (Fsp3) is 0.500. The maximum absolute atomic E-state index is 13.2. The lowest BCUT2D eigenvalue weighted by Crippen LogP contribution is -2.31. The summed E-state index contributed by atoms with van der Waals surface area (Å²) in [5, 5.41) is 0. The summed E-state index contributed by atoms with van der Waals surface area (Å²) in [6.45, 7) is 0. The van der Waals surface area contributed by atoms with Gasteiger partial charge in [0.05, 0.1) is 0 Å². The van der Waals surface area contributed by atoms with Crippen LogP contribution < -0.4 is 0 Å². The van der Waals surface area contributed by atoms with Gasteiger partial charge in [0, 0.05) is 32.1 Å². The molecule has 0 fully saturated rings. The molecule has 0 aliphatic carbocycles. The van der Waals surface area contributed by atoms with Crippen molar-refractivity contribution in [3.8, 4) is 0 Å². The van der Waals surface area contributed by atoms with E-state index in [0.29, 0.717) is 24.3 Å². The van der Waals surface area contributed by atoms with Crippen molar-refractivity contribution in [3.63, 3.8) is 0 Å². The van der Waals surface area contributed by atoms with E-state index in [1.165, 1.54) is 20.3 Å². The molecule has 0 spiro atoms. The molecule has 0 N–H and O–H groups in total. The van der Waals surface area contributed by atoms with E-state index in [2.05, 4.69) is 0 Å². The Kier molecular flexibility index (Phi) is 5.31. The van der Waals surface area contributed by atoms with E-state index >= 15 is 0 Å². The summed E-state index contributed by atoms with van der Waals surface area (Å²) in [5.74, 6) is -2.46. The molecule has 0 bridgehead atoms. The van der Waals surface area contributed by atoms with Crippen molar-refractivity contribution in [1.29, 1.82) is 0 Å². The molecule has 0 aliphatic heterocycles. The molecule has 0 saturated carbocycles. The van der Waals surface area contributed by atoms with Gasteiger partial charge in [-0.1, -0.05) is 6.07 Å². The molecule has 1 rings (SSSR count). The summed E-state index contributed by atoms with van der Waals surface area (Å²) >= 11 is 5.62. The molecule has 1 aromatic carbocycles. The van der Waals surface area contributed by atoms with Crippen LogP contribution >= 0.6 is 11.6 Å². The van der Waals surface area contributed by atoms with Gasteiger partial charge in [0.15, 0.2) is 17.4 Å². The van der Waals surface area contributed by atoms with Crippen molar-refractivity contribution in [2.24, 2.45) is 0 Å². The quantitative estimate of drug-likeness (QED) is 0.579. The minimum Gasteiger partial charge on any atom is -0.349 e. The largest absolute Gasteiger partial charge is 0.349 e. The van der Waals surface area contributed by atoms with Gasteiger partial charge in [-0.25, -0.2) is 8.78 Å². The molecule has 0 aromatic heterocycles. The van der Waals surface area contributed by atoms with Gasteiger partial charge in [0.25, 0.3) is 0 Å². The number of hydrogen-bond acceptors (Lipinski definition) is 2. The number of alkyl halides is 1. The normalized spacial score (nSPS) is 11.8. The summed E-state index contributed by atoms with van der Waals surface area (Å²) in [5.41, 5.74) is 0.437. The predicted molar refractivity (Wildman–Crippen MR) is 62.0 cm³/mol. The van der Waals surface area contributed by atoms with Gasteiger partial charge in [-0.2, -0.15) is 0 Å². The van der Waals surface area contributed by atoms with Crippen LogP contribution in [0.5, 0.6) is 0 Å². The fourth-order valence-corrected chi connectivity index (χ4v) is 1.83. The highest BCUT2D eigenvalue weighted by molar-refractivity contribution is 6.17. The summed E-state index contributed by atoms with van der Waals surface area (Å²) < 4.78 is 36.7. The van der Waals surface area contributed by atoms with Gasteiger partial charge < -0.3 is 9.47 Å². The summed E-state index contributed by atoms with van der Waals surface area (Å²) in [6, 6.07) is 3.58. The molecule has 96 valence electrons. The van der Waals surface area contributed by atoms with Crippen LogP contribution in [0.15, 0.2) is 18.2 Å². The van der Waals surface area contributed by atoms with E-state index in [-0.39, 0.29) is 0 Å². The third-order valence-electron chi connectivity index (χ3n) is 2.66. The van der Waals surface area contributed by atoms with Crippen molar-refractivity contribution in [3.05, 3.63) is 35.4 Å². The molecule has 0 heterocycles. The Morgan fingerprint density at radius 2 is 1.82 bits per heavy atom. The smallest absolute Gasteiger partial charge is 0.194 e. The lowest BCUT2D eigenvalue weighted by molar-refractivity contribution is -0.220. The van der Waals surface area contributed by atoms with Crippen molar-refractivity contribution in [2.45, 2.75) is 18.6 Å². The van der Waals surface area contributed by atoms with Gasteiger partial charge in [0.1, 0.15) is 0 Å². The van der Waals surface area contributed by atoms with E-state index in [4.69, 9.17) is 21.1 Å². The predicted octanol–water partition coefficient (Wildman–Crippen LogP) is 3.43. The van der Waals surface area contributed by atoms with Gasteiger partial charge in [-0.05, 0) is 18.6 Å². The summed E-state index contributed by atoms with van der Waals surface area (Å²) in [4.78, 5) is 0. The molecule has 1 aromatic rings. The Hall–Kier alpha value is -0.710. The minimum atomic E-state index is -1.08. The van der Waals surface area contributed by atoms with Crippen molar-refractivity contribution >= 4 is 11.6 Å². The third-order valence-corrected chi connectivity index (χ3v) is 2.93. The van der Waals surface area contributed by atoms with Crippen LogP contribution in [0.25, 0.3) is 0 Å². The van der Waals surface area contributed by atoms with Gasteiger partial charge >= 0.3 is 0 Å². The van der Waals surface area contributed by atoms with Crippen LogP contribution in [-0.4, -0.2) is 20.1 Å². The molecule has 2 nitrogen and oxygen atoms in total. The molecule has 0 radical (unpaired) electrons. The lowest BCUT2D eigenvalue weighted by Gasteiger charge is -2.31. The molecule has 0 unspecified atom stereocenters. The highest BCUT2D eigenvalue weighted by Crippen LogP contribution is 2.32. The van der Waals surface area contributed by atoms with E-state index in [9.17, 15) is 8.78 Å². The van der Waals surface area contributed by atoms with Crippen LogP contribution in [0.2, 0.25) is 0 Å². The Bertz CT molecular complexity index is 368. The molecule has 0 aliphatic rings. The first-order chi connectivity index (χ1) is 8.09. The molecular formula is C12H15ClF2O2. The standard InChI is InChI=1S/C12H15ClF2O2/c1-16-12(17-2,6-3-7-13)9-4-5-10(14)11(15)8-9/h4-5,8H,3,6-7H2,1-2H3.